The molecule has 0 unspecified atom stereocenters. The van der Waals surface area contributed by atoms with Crippen LogP contribution in [0.2, 0.25) is 0 Å². The Balaban J connectivity index is 2.67. The number of ether oxygens (including phenoxy) is 3. The van der Waals surface area contributed by atoms with Crippen molar-refractivity contribution >= 4 is 11.7 Å². The molecule has 0 aromatic heterocycles. The zero-order valence-corrected chi connectivity index (χ0v) is 10.3. The third-order valence-corrected chi connectivity index (χ3v) is 2.10. The average molecular weight is 239 g/mol. The quantitative estimate of drug-likeness (QED) is 0.765. The fraction of sp³-hybridized carbons (Fsp3) is 0.417. The van der Waals surface area contributed by atoms with Crippen LogP contribution in [0.15, 0.2) is 18.2 Å². The highest BCUT2D eigenvalue weighted by molar-refractivity contribution is 5.71. The summed E-state index contributed by atoms with van der Waals surface area (Å²) in [4.78, 5) is 11.1. The van der Waals surface area contributed by atoms with Gasteiger partial charge in [-0.1, -0.05) is 0 Å². The van der Waals surface area contributed by atoms with E-state index >= 15 is 0 Å². The zero-order chi connectivity index (χ0) is 12.7. The predicted octanol–water partition coefficient (Wildman–Crippen LogP) is 1.68. The van der Waals surface area contributed by atoms with E-state index in [4.69, 9.17) is 14.2 Å². The Morgan fingerprint density at radius 3 is 2.71 bits per heavy atom. The summed E-state index contributed by atoms with van der Waals surface area (Å²) in [6.45, 7) is 1.97. The molecule has 0 aliphatic heterocycles. The van der Waals surface area contributed by atoms with Gasteiger partial charge in [0.2, 0.25) is 0 Å². The first-order chi connectivity index (χ1) is 8.21. The van der Waals surface area contributed by atoms with Gasteiger partial charge in [0.1, 0.15) is 0 Å². The molecule has 0 saturated heterocycles. The molecule has 1 rings (SSSR count). The highest BCUT2D eigenvalue weighted by Crippen LogP contribution is 2.29. The number of anilines is 1. The average Bonchev–Trinajstić information content (AvgIpc) is 2.36. The molecule has 1 aromatic rings. The summed E-state index contributed by atoms with van der Waals surface area (Å²) in [5.74, 6) is 0.688. The molecule has 0 saturated carbocycles. The van der Waals surface area contributed by atoms with Crippen LogP contribution >= 0.6 is 0 Å². The fourth-order valence-electron chi connectivity index (χ4n) is 1.28. The molecule has 0 heterocycles. The minimum Gasteiger partial charge on any atom is -0.493 e. The number of rotatable bonds is 6. The van der Waals surface area contributed by atoms with E-state index in [-0.39, 0.29) is 6.61 Å². The number of carbonyl (C=O) groups is 1. The number of hydrogen-bond acceptors (Lipinski definition) is 5. The third kappa shape index (κ3) is 3.86. The maximum absolute atomic E-state index is 11.1. The second-order valence-electron chi connectivity index (χ2n) is 3.21. The first-order valence-electron chi connectivity index (χ1n) is 5.35. The van der Waals surface area contributed by atoms with Crippen molar-refractivity contribution in [3.05, 3.63) is 18.2 Å². The van der Waals surface area contributed by atoms with E-state index in [0.29, 0.717) is 18.1 Å². The highest BCUT2D eigenvalue weighted by atomic mass is 16.6. The normalized spacial score (nSPS) is 9.59. The van der Waals surface area contributed by atoms with Crippen LogP contribution in [0.4, 0.5) is 5.69 Å². The summed E-state index contributed by atoms with van der Waals surface area (Å²) in [5.41, 5.74) is 0.908. The van der Waals surface area contributed by atoms with Gasteiger partial charge in [-0.15, -0.1) is 0 Å². The summed E-state index contributed by atoms with van der Waals surface area (Å²) in [7, 11) is 3.36. The Kier molecular flexibility index (Phi) is 5.13. The van der Waals surface area contributed by atoms with Crippen molar-refractivity contribution in [2.75, 3.05) is 32.7 Å². The number of methoxy groups -OCH3 is 1. The smallest absolute Gasteiger partial charge is 0.344 e. The van der Waals surface area contributed by atoms with Crippen LogP contribution in [-0.4, -0.2) is 33.3 Å². The van der Waals surface area contributed by atoms with E-state index in [0.717, 1.165) is 5.69 Å². The summed E-state index contributed by atoms with van der Waals surface area (Å²) in [5, 5.41) is 2.99. The lowest BCUT2D eigenvalue weighted by atomic mass is 10.3. The van der Waals surface area contributed by atoms with Crippen molar-refractivity contribution in [3.8, 4) is 11.5 Å². The molecular weight excluding hydrogens is 222 g/mol. The van der Waals surface area contributed by atoms with Gasteiger partial charge >= 0.3 is 5.97 Å². The summed E-state index contributed by atoms with van der Waals surface area (Å²) >= 11 is 0. The van der Waals surface area contributed by atoms with Crippen molar-refractivity contribution in [2.24, 2.45) is 0 Å². The van der Waals surface area contributed by atoms with Gasteiger partial charge in [-0.2, -0.15) is 0 Å². The van der Waals surface area contributed by atoms with Crippen molar-refractivity contribution in [1.29, 1.82) is 0 Å². The number of hydrogen-bond donors (Lipinski definition) is 1. The van der Waals surface area contributed by atoms with Crippen LogP contribution in [0.1, 0.15) is 6.92 Å². The summed E-state index contributed by atoms with van der Waals surface area (Å²) in [6, 6.07) is 5.37. The molecular formula is C12H17NO4. The second kappa shape index (κ2) is 6.62. The summed E-state index contributed by atoms with van der Waals surface area (Å²) in [6.07, 6.45) is 0. The van der Waals surface area contributed by atoms with Crippen molar-refractivity contribution in [2.45, 2.75) is 6.92 Å². The van der Waals surface area contributed by atoms with Crippen LogP contribution in [0.3, 0.4) is 0 Å². The monoisotopic (exact) mass is 239 g/mol. The molecule has 0 radical (unpaired) electrons. The minimum absolute atomic E-state index is 0.122. The lowest BCUT2D eigenvalue weighted by Gasteiger charge is -2.11. The molecule has 1 aromatic carbocycles. The van der Waals surface area contributed by atoms with Crippen LogP contribution in [0.25, 0.3) is 0 Å². The fourth-order valence-corrected chi connectivity index (χ4v) is 1.28. The van der Waals surface area contributed by atoms with Gasteiger partial charge in [0.15, 0.2) is 18.1 Å². The molecule has 1 N–H and O–H groups in total. The molecule has 0 spiro atoms. The van der Waals surface area contributed by atoms with Gasteiger partial charge < -0.3 is 19.5 Å². The Hall–Kier alpha value is -1.91. The van der Waals surface area contributed by atoms with Crippen molar-refractivity contribution in [3.63, 3.8) is 0 Å². The first kappa shape index (κ1) is 13.2. The van der Waals surface area contributed by atoms with Crippen LogP contribution in [0.5, 0.6) is 11.5 Å². The van der Waals surface area contributed by atoms with Gasteiger partial charge in [0.25, 0.3) is 0 Å². The van der Waals surface area contributed by atoms with Crippen LogP contribution < -0.4 is 14.8 Å². The third-order valence-electron chi connectivity index (χ3n) is 2.10. The lowest BCUT2D eigenvalue weighted by Crippen LogP contribution is -2.14. The highest BCUT2D eigenvalue weighted by Gasteiger charge is 2.08. The largest absolute Gasteiger partial charge is 0.493 e. The Labute approximate surface area is 101 Å². The Morgan fingerprint density at radius 1 is 1.35 bits per heavy atom. The molecule has 0 amide bonds. The van der Waals surface area contributed by atoms with E-state index in [2.05, 4.69) is 5.32 Å². The molecule has 5 heteroatoms. The van der Waals surface area contributed by atoms with Gasteiger partial charge in [0, 0.05) is 18.8 Å². The lowest BCUT2D eigenvalue weighted by molar-refractivity contribution is -0.145. The second-order valence-corrected chi connectivity index (χ2v) is 3.21. The van der Waals surface area contributed by atoms with Gasteiger partial charge in [-0.05, 0) is 19.1 Å². The maximum atomic E-state index is 11.1. The number of carbonyl (C=O) groups excluding carboxylic acids is 1. The molecule has 94 valence electrons. The Morgan fingerprint density at radius 2 is 2.12 bits per heavy atom. The Bertz CT molecular complexity index is 379. The predicted molar refractivity (Wildman–Crippen MR) is 64.7 cm³/mol. The number of esters is 1. The number of nitrogens with one attached hydrogen (secondary N) is 1. The molecule has 17 heavy (non-hydrogen) atoms. The molecule has 0 aliphatic rings. The molecule has 0 fully saturated rings. The van der Waals surface area contributed by atoms with Crippen LogP contribution in [-0.2, 0) is 9.53 Å². The zero-order valence-electron chi connectivity index (χ0n) is 10.3. The summed E-state index contributed by atoms with van der Waals surface area (Å²) < 4.78 is 15.2. The van der Waals surface area contributed by atoms with Crippen molar-refractivity contribution in [1.82, 2.24) is 0 Å². The molecule has 5 nitrogen and oxygen atoms in total. The van der Waals surface area contributed by atoms with E-state index in [9.17, 15) is 4.79 Å². The molecule has 0 bridgehead atoms. The topological polar surface area (TPSA) is 56.8 Å². The van der Waals surface area contributed by atoms with E-state index < -0.39 is 5.97 Å². The van der Waals surface area contributed by atoms with Crippen molar-refractivity contribution < 1.29 is 19.0 Å². The maximum Gasteiger partial charge on any atom is 0.344 e. The van der Waals surface area contributed by atoms with E-state index in [1.807, 2.05) is 13.1 Å². The minimum atomic E-state index is -0.396. The molecule has 0 atom stereocenters. The SMILES string of the molecule is CCOC(=O)COc1ccc(NC)cc1OC. The van der Waals surface area contributed by atoms with E-state index in [1.54, 1.807) is 26.2 Å². The standard InChI is InChI=1S/C12H17NO4/c1-4-16-12(14)8-17-10-6-5-9(13-2)7-11(10)15-3/h5-7,13H,4,8H2,1-3H3. The van der Waals surface area contributed by atoms with E-state index in [1.165, 1.54) is 0 Å². The number of benzene rings is 1. The van der Waals surface area contributed by atoms with Gasteiger partial charge in [-0.25, -0.2) is 4.79 Å². The van der Waals surface area contributed by atoms with Gasteiger partial charge in [-0.3, -0.25) is 0 Å². The molecule has 0 aliphatic carbocycles. The first-order valence-corrected chi connectivity index (χ1v) is 5.35. The van der Waals surface area contributed by atoms with Crippen LogP contribution in [0, 0.1) is 0 Å². The van der Waals surface area contributed by atoms with Gasteiger partial charge in [0.05, 0.1) is 13.7 Å².